The van der Waals surface area contributed by atoms with Crippen LogP contribution in [0.3, 0.4) is 0 Å². The van der Waals surface area contributed by atoms with Gasteiger partial charge >= 0.3 is 0 Å². The Morgan fingerprint density at radius 2 is 2.04 bits per heavy atom. The van der Waals surface area contributed by atoms with Gasteiger partial charge in [0.05, 0.1) is 13.2 Å². The van der Waals surface area contributed by atoms with E-state index in [1.807, 2.05) is 36.4 Å². The van der Waals surface area contributed by atoms with E-state index in [0.717, 1.165) is 29.8 Å². The van der Waals surface area contributed by atoms with Crippen molar-refractivity contribution in [2.75, 3.05) is 19.0 Å². The lowest BCUT2D eigenvalue weighted by Gasteiger charge is -2.15. The highest BCUT2D eigenvalue weighted by Crippen LogP contribution is 2.26. The minimum Gasteiger partial charge on any atom is -0.496 e. The summed E-state index contributed by atoms with van der Waals surface area (Å²) in [5.41, 5.74) is 8.57. The summed E-state index contributed by atoms with van der Waals surface area (Å²) in [4.78, 5) is 12.4. The van der Waals surface area contributed by atoms with E-state index in [0.29, 0.717) is 13.0 Å². The van der Waals surface area contributed by atoms with Crippen molar-refractivity contribution in [1.82, 2.24) is 0 Å². The van der Waals surface area contributed by atoms with Gasteiger partial charge in [-0.1, -0.05) is 30.3 Å². The van der Waals surface area contributed by atoms with Gasteiger partial charge in [0, 0.05) is 24.2 Å². The van der Waals surface area contributed by atoms with Crippen LogP contribution in [-0.4, -0.2) is 31.8 Å². The van der Waals surface area contributed by atoms with Gasteiger partial charge in [0.1, 0.15) is 11.9 Å². The number of benzene rings is 2. The number of nitrogens with one attached hydrogen (secondary N) is 1. The molecule has 132 valence electrons. The molecule has 0 aromatic heterocycles. The Hall–Kier alpha value is -2.37. The molecule has 0 aliphatic carbocycles. The van der Waals surface area contributed by atoms with Crippen LogP contribution in [-0.2, 0) is 16.0 Å². The lowest BCUT2D eigenvalue weighted by Crippen LogP contribution is -2.29. The SMILES string of the molecule is COc1ccc(NC(=O)[C@@H]2CC[C@H](CN)O2)cc1Cc1ccccc1. The summed E-state index contributed by atoms with van der Waals surface area (Å²) in [7, 11) is 1.65. The van der Waals surface area contributed by atoms with Gasteiger partial charge in [-0.3, -0.25) is 4.79 Å². The number of carbonyl (C=O) groups is 1. The van der Waals surface area contributed by atoms with Crippen molar-refractivity contribution >= 4 is 11.6 Å². The summed E-state index contributed by atoms with van der Waals surface area (Å²) >= 11 is 0. The molecule has 0 unspecified atom stereocenters. The second-order valence-corrected chi connectivity index (χ2v) is 6.24. The van der Waals surface area contributed by atoms with Crippen molar-refractivity contribution in [3.8, 4) is 5.75 Å². The maximum atomic E-state index is 12.4. The first-order chi connectivity index (χ1) is 12.2. The lowest BCUT2D eigenvalue weighted by molar-refractivity contribution is -0.126. The van der Waals surface area contributed by atoms with Crippen molar-refractivity contribution in [2.24, 2.45) is 5.73 Å². The molecule has 5 nitrogen and oxygen atoms in total. The van der Waals surface area contributed by atoms with Crippen LogP contribution < -0.4 is 15.8 Å². The highest BCUT2D eigenvalue weighted by molar-refractivity contribution is 5.94. The van der Waals surface area contributed by atoms with Gasteiger partial charge in [-0.2, -0.15) is 0 Å². The van der Waals surface area contributed by atoms with E-state index >= 15 is 0 Å². The molecule has 1 fully saturated rings. The molecule has 1 aliphatic heterocycles. The maximum absolute atomic E-state index is 12.4. The van der Waals surface area contributed by atoms with Crippen molar-refractivity contribution in [1.29, 1.82) is 0 Å². The number of anilines is 1. The van der Waals surface area contributed by atoms with Crippen LogP contribution in [0.2, 0.25) is 0 Å². The number of ether oxygens (including phenoxy) is 2. The van der Waals surface area contributed by atoms with Gasteiger partial charge in [0.2, 0.25) is 0 Å². The third kappa shape index (κ3) is 4.38. The van der Waals surface area contributed by atoms with Gasteiger partial charge in [-0.15, -0.1) is 0 Å². The maximum Gasteiger partial charge on any atom is 0.253 e. The first kappa shape index (κ1) is 17.5. The Balaban J connectivity index is 1.72. The molecule has 1 aliphatic rings. The fourth-order valence-corrected chi connectivity index (χ4v) is 3.10. The summed E-state index contributed by atoms with van der Waals surface area (Å²) < 4.78 is 11.1. The number of hydrogen-bond acceptors (Lipinski definition) is 4. The van der Waals surface area contributed by atoms with Gasteiger partial charge in [0.25, 0.3) is 5.91 Å². The minimum absolute atomic E-state index is 0.0136. The molecule has 2 aromatic rings. The van der Waals surface area contributed by atoms with Crippen molar-refractivity contribution < 1.29 is 14.3 Å². The number of methoxy groups -OCH3 is 1. The van der Waals surface area contributed by atoms with Gasteiger partial charge in [0.15, 0.2) is 0 Å². The van der Waals surface area contributed by atoms with E-state index in [1.165, 1.54) is 5.56 Å². The van der Waals surface area contributed by atoms with Crippen LogP contribution in [0, 0.1) is 0 Å². The molecular formula is C20H24N2O3. The molecule has 0 saturated carbocycles. The van der Waals surface area contributed by atoms with Gasteiger partial charge in [-0.25, -0.2) is 0 Å². The molecule has 0 radical (unpaired) electrons. The van der Waals surface area contributed by atoms with E-state index in [4.69, 9.17) is 15.2 Å². The molecule has 3 rings (SSSR count). The van der Waals surface area contributed by atoms with E-state index in [1.54, 1.807) is 7.11 Å². The Bertz CT molecular complexity index is 718. The molecule has 3 N–H and O–H groups in total. The van der Waals surface area contributed by atoms with Crippen LogP contribution in [0.5, 0.6) is 5.75 Å². The van der Waals surface area contributed by atoms with Crippen LogP contribution >= 0.6 is 0 Å². The number of carbonyl (C=O) groups excluding carboxylic acids is 1. The topological polar surface area (TPSA) is 73.6 Å². The molecule has 0 bridgehead atoms. The zero-order valence-corrected chi connectivity index (χ0v) is 14.4. The van der Waals surface area contributed by atoms with E-state index in [9.17, 15) is 4.79 Å². The Morgan fingerprint density at radius 1 is 1.24 bits per heavy atom. The predicted molar refractivity (Wildman–Crippen MR) is 97.8 cm³/mol. The molecule has 0 spiro atoms. The number of hydrogen-bond donors (Lipinski definition) is 2. The van der Waals surface area contributed by atoms with E-state index in [2.05, 4.69) is 17.4 Å². The molecule has 1 saturated heterocycles. The molecule has 1 amide bonds. The van der Waals surface area contributed by atoms with E-state index in [-0.39, 0.29) is 12.0 Å². The summed E-state index contributed by atoms with van der Waals surface area (Å²) in [6, 6.07) is 15.9. The van der Waals surface area contributed by atoms with Crippen LogP contribution in [0.1, 0.15) is 24.0 Å². The van der Waals surface area contributed by atoms with Crippen molar-refractivity contribution in [3.05, 3.63) is 59.7 Å². The van der Waals surface area contributed by atoms with Crippen LogP contribution in [0.25, 0.3) is 0 Å². The minimum atomic E-state index is -0.423. The largest absolute Gasteiger partial charge is 0.496 e. The highest BCUT2D eigenvalue weighted by Gasteiger charge is 2.29. The Labute approximate surface area is 148 Å². The summed E-state index contributed by atoms with van der Waals surface area (Å²) in [5, 5.41) is 2.95. The third-order valence-corrected chi connectivity index (χ3v) is 4.45. The Kier molecular flexibility index (Phi) is 5.68. The first-order valence-corrected chi connectivity index (χ1v) is 8.57. The molecule has 2 atom stereocenters. The molecule has 5 heteroatoms. The summed E-state index contributed by atoms with van der Waals surface area (Å²) in [6.07, 6.45) is 1.84. The fraction of sp³-hybridized carbons (Fsp3) is 0.350. The third-order valence-electron chi connectivity index (χ3n) is 4.45. The van der Waals surface area contributed by atoms with Crippen molar-refractivity contribution in [2.45, 2.75) is 31.5 Å². The number of nitrogens with two attached hydrogens (primary N) is 1. The van der Waals surface area contributed by atoms with E-state index < -0.39 is 6.10 Å². The van der Waals surface area contributed by atoms with Crippen molar-refractivity contribution in [3.63, 3.8) is 0 Å². The normalized spacial score (nSPS) is 19.6. The smallest absolute Gasteiger partial charge is 0.253 e. The zero-order valence-electron chi connectivity index (χ0n) is 14.4. The van der Waals surface area contributed by atoms with Crippen LogP contribution in [0.15, 0.2) is 48.5 Å². The molecule has 1 heterocycles. The molecule has 25 heavy (non-hydrogen) atoms. The molecular weight excluding hydrogens is 316 g/mol. The highest BCUT2D eigenvalue weighted by atomic mass is 16.5. The number of amides is 1. The predicted octanol–water partition coefficient (Wildman–Crippen LogP) is 2.73. The summed E-state index contributed by atoms with van der Waals surface area (Å²) in [5.74, 6) is 0.689. The quantitative estimate of drug-likeness (QED) is 0.848. The molecule has 2 aromatic carbocycles. The van der Waals surface area contributed by atoms with Crippen LogP contribution in [0.4, 0.5) is 5.69 Å². The standard InChI is InChI=1S/C20H24N2O3/c1-24-18-9-7-16(12-15(18)11-14-5-3-2-4-6-14)22-20(23)19-10-8-17(13-21)25-19/h2-7,9,12,17,19H,8,10-11,13,21H2,1H3,(H,22,23)/t17-,19+/m1/s1. The second-order valence-electron chi connectivity index (χ2n) is 6.24. The Morgan fingerprint density at radius 3 is 2.72 bits per heavy atom. The first-order valence-electron chi connectivity index (χ1n) is 8.57. The summed E-state index contributed by atoms with van der Waals surface area (Å²) in [6.45, 7) is 0.452. The van der Waals surface area contributed by atoms with Gasteiger partial charge in [-0.05, 0) is 36.6 Å². The fourth-order valence-electron chi connectivity index (χ4n) is 3.10. The monoisotopic (exact) mass is 340 g/mol. The van der Waals surface area contributed by atoms with Gasteiger partial charge < -0.3 is 20.5 Å². The second kappa shape index (κ2) is 8.14. The lowest BCUT2D eigenvalue weighted by atomic mass is 10.0. The average Bonchev–Trinajstić information content (AvgIpc) is 3.12. The number of rotatable bonds is 6. The average molecular weight is 340 g/mol. The zero-order chi connectivity index (χ0) is 17.6.